The smallest absolute Gasteiger partial charge is 0.293 e. The number of hydrogen-bond donors (Lipinski definition) is 0. The molecule has 1 fully saturated rings. The van der Waals surface area contributed by atoms with E-state index in [1.807, 2.05) is 0 Å². The Labute approximate surface area is 165 Å². The third kappa shape index (κ3) is 3.82. The molecule has 0 unspecified atom stereocenters. The van der Waals surface area contributed by atoms with E-state index in [1.54, 1.807) is 28.9 Å². The fraction of sp³-hybridized carbons (Fsp3) is 0.263. The zero-order valence-corrected chi connectivity index (χ0v) is 15.7. The highest BCUT2D eigenvalue weighted by Gasteiger charge is 2.28. The van der Waals surface area contributed by atoms with Crippen LogP contribution < -0.4 is 0 Å². The van der Waals surface area contributed by atoms with E-state index in [0.29, 0.717) is 37.7 Å². The van der Waals surface area contributed by atoms with E-state index in [9.17, 15) is 14.0 Å². The SMILES string of the molecule is Cc1nc(C(=O)N2CCN(C(=O)c3cnccn3)CC2)nn1-c1ccc(F)cc1. The molecule has 0 N–H and O–H groups in total. The Bertz CT molecular complexity index is 1030. The van der Waals surface area contributed by atoms with E-state index in [4.69, 9.17) is 0 Å². The summed E-state index contributed by atoms with van der Waals surface area (Å²) >= 11 is 0. The standard InChI is InChI=1S/C19H18FN7O2/c1-13-23-17(24-27(13)15-4-2-14(20)3-5-15)19(29)26-10-8-25(9-11-26)18(28)16-12-21-6-7-22-16/h2-7,12H,8-11H2,1H3. The second kappa shape index (κ2) is 7.74. The molecule has 1 aromatic carbocycles. The molecule has 0 spiro atoms. The molecule has 10 heteroatoms. The maximum absolute atomic E-state index is 13.1. The Hall–Kier alpha value is -3.69. The van der Waals surface area contributed by atoms with Gasteiger partial charge >= 0.3 is 0 Å². The molecule has 0 aliphatic carbocycles. The van der Waals surface area contributed by atoms with Gasteiger partial charge in [-0.2, -0.15) is 0 Å². The molecule has 0 bridgehead atoms. The third-order valence-electron chi connectivity index (χ3n) is 4.67. The van der Waals surface area contributed by atoms with Gasteiger partial charge in [0.05, 0.1) is 11.9 Å². The van der Waals surface area contributed by atoms with Crippen LogP contribution in [0.4, 0.5) is 4.39 Å². The van der Waals surface area contributed by atoms with Crippen molar-refractivity contribution in [3.05, 3.63) is 66.0 Å². The van der Waals surface area contributed by atoms with E-state index in [1.165, 1.54) is 35.4 Å². The van der Waals surface area contributed by atoms with Crippen molar-refractivity contribution >= 4 is 11.8 Å². The van der Waals surface area contributed by atoms with Gasteiger partial charge in [0.25, 0.3) is 11.8 Å². The van der Waals surface area contributed by atoms with Gasteiger partial charge in [-0.1, -0.05) is 0 Å². The summed E-state index contributed by atoms with van der Waals surface area (Å²) < 4.78 is 14.6. The lowest BCUT2D eigenvalue weighted by Crippen LogP contribution is -2.51. The molecule has 4 rings (SSSR count). The highest BCUT2D eigenvalue weighted by molar-refractivity contribution is 5.93. The molecule has 1 aliphatic rings. The first-order valence-corrected chi connectivity index (χ1v) is 9.07. The number of piperazine rings is 1. The average molecular weight is 395 g/mol. The van der Waals surface area contributed by atoms with Crippen LogP contribution in [-0.2, 0) is 0 Å². The van der Waals surface area contributed by atoms with Crippen molar-refractivity contribution in [1.82, 2.24) is 34.5 Å². The van der Waals surface area contributed by atoms with Crippen molar-refractivity contribution in [1.29, 1.82) is 0 Å². The van der Waals surface area contributed by atoms with Crippen LogP contribution in [0.1, 0.15) is 26.9 Å². The number of nitrogens with zero attached hydrogens (tertiary/aromatic N) is 7. The minimum atomic E-state index is -0.350. The molecule has 148 valence electrons. The lowest BCUT2D eigenvalue weighted by molar-refractivity contribution is 0.0525. The van der Waals surface area contributed by atoms with Crippen LogP contribution >= 0.6 is 0 Å². The lowest BCUT2D eigenvalue weighted by Gasteiger charge is -2.33. The maximum Gasteiger partial charge on any atom is 0.293 e. The van der Waals surface area contributed by atoms with Crippen molar-refractivity contribution in [2.24, 2.45) is 0 Å². The zero-order valence-electron chi connectivity index (χ0n) is 15.7. The molecule has 3 heterocycles. The van der Waals surface area contributed by atoms with Crippen LogP contribution in [0.2, 0.25) is 0 Å². The van der Waals surface area contributed by atoms with Gasteiger partial charge in [-0.05, 0) is 31.2 Å². The Balaban J connectivity index is 1.43. The molecule has 1 aliphatic heterocycles. The molecule has 9 nitrogen and oxygen atoms in total. The van der Waals surface area contributed by atoms with Gasteiger partial charge in [-0.15, -0.1) is 5.10 Å². The molecule has 0 radical (unpaired) electrons. The van der Waals surface area contributed by atoms with Crippen LogP contribution in [0.5, 0.6) is 0 Å². The quantitative estimate of drug-likeness (QED) is 0.659. The van der Waals surface area contributed by atoms with E-state index >= 15 is 0 Å². The van der Waals surface area contributed by atoms with Crippen molar-refractivity contribution in [3.8, 4) is 5.69 Å². The van der Waals surface area contributed by atoms with E-state index in [2.05, 4.69) is 20.1 Å². The number of benzene rings is 1. The molecule has 29 heavy (non-hydrogen) atoms. The Kier molecular flexibility index (Phi) is 4.98. The van der Waals surface area contributed by atoms with Gasteiger partial charge in [-0.3, -0.25) is 14.6 Å². The topological polar surface area (TPSA) is 97.1 Å². The predicted molar refractivity (Wildman–Crippen MR) is 99.9 cm³/mol. The van der Waals surface area contributed by atoms with Gasteiger partial charge in [0.2, 0.25) is 5.82 Å². The average Bonchev–Trinajstić information content (AvgIpc) is 3.15. The van der Waals surface area contributed by atoms with E-state index in [-0.39, 0.29) is 29.1 Å². The maximum atomic E-state index is 13.1. The van der Waals surface area contributed by atoms with Crippen LogP contribution in [0.15, 0.2) is 42.9 Å². The lowest BCUT2D eigenvalue weighted by atomic mass is 10.2. The number of rotatable bonds is 3. The normalized spacial score (nSPS) is 14.1. The largest absolute Gasteiger partial charge is 0.334 e. The number of hydrogen-bond acceptors (Lipinski definition) is 6. The first kappa shape index (κ1) is 18.7. The monoisotopic (exact) mass is 395 g/mol. The summed E-state index contributed by atoms with van der Waals surface area (Å²) in [4.78, 5) is 40.7. The van der Waals surface area contributed by atoms with Crippen molar-refractivity contribution in [2.45, 2.75) is 6.92 Å². The fourth-order valence-corrected chi connectivity index (χ4v) is 3.13. The highest BCUT2D eigenvalue weighted by Crippen LogP contribution is 2.13. The fourth-order valence-electron chi connectivity index (χ4n) is 3.13. The number of aromatic nitrogens is 5. The van der Waals surface area contributed by atoms with Gasteiger partial charge in [0.15, 0.2) is 0 Å². The molecule has 0 saturated carbocycles. The minimum absolute atomic E-state index is 0.0699. The van der Waals surface area contributed by atoms with E-state index < -0.39 is 0 Å². The molecule has 3 aromatic rings. The van der Waals surface area contributed by atoms with Gasteiger partial charge in [0, 0.05) is 38.6 Å². The summed E-state index contributed by atoms with van der Waals surface area (Å²) in [5, 5.41) is 4.28. The predicted octanol–water partition coefficient (Wildman–Crippen LogP) is 1.10. The first-order chi connectivity index (χ1) is 14.0. The van der Waals surface area contributed by atoms with Crippen LogP contribution in [0.3, 0.4) is 0 Å². The van der Waals surface area contributed by atoms with E-state index in [0.717, 1.165) is 0 Å². The molecular formula is C19H18FN7O2. The van der Waals surface area contributed by atoms with Crippen molar-refractivity contribution < 1.29 is 14.0 Å². The van der Waals surface area contributed by atoms with Crippen molar-refractivity contribution in [3.63, 3.8) is 0 Å². The zero-order chi connectivity index (χ0) is 20.4. The van der Waals surface area contributed by atoms with Gasteiger partial charge in [0.1, 0.15) is 17.3 Å². The molecule has 0 atom stereocenters. The number of carbonyl (C=O) groups excluding carboxylic acids is 2. The third-order valence-corrected chi connectivity index (χ3v) is 4.67. The number of aryl methyl sites for hydroxylation is 1. The van der Waals surface area contributed by atoms with Crippen LogP contribution in [0, 0.1) is 12.7 Å². The number of amides is 2. The first-order valence-electron chi connectivity index (χ1n) is 9.07. The summed E-state index contributed by atoms with van der Waals surface area (Å²) in [5.41, 5.74) is 0.900. The summed E-state index contributed by atoms with van der Waals surface area (Å²) in [5.74, 6) is -0.269. The Morgan fingerprint density at radius 2 is 1.62 bits per heavy atom. The summed E-state index contributed by atoms with van der Waals surface area (Å²) in [7, 11) is 0. The summed E-state index contributed by atoms with van der Waals surface area (Å²) in [6.45, 7) is 3.24. The molecule has 1 saturated heterocycles. The summed E-state index contributed by atoms with van der Waals surface area (Å²) in [6, 6.07) is 5.79. The number of halogens is 1. The van der Waals surface area contributed by atoms with Gasteiger partial charge in [-0.25, -0.2) is 19.0 Å². The Morgan fingerprint density at radius 3 is 2.24 bits per heavy atom. The minimum Gasteiger partial charge on any atom is -0.334 e. The summed E-state index contributed by atoms with van der Waals surface area (Å²) in [6.07, 6.45) is 4.40. The van der Waals surface area contributed by atoms with Crippen LogP contribution in [-0.4, -0.2) is 72.5 Å². The van der Waals surface area contributed by atoms with Crippen molar-refractivity contribution in [2.75, 3.05) is 26.2 Å². The Morgan fingerprint density at radius 1 is 0.966 bits per heavy atom. The second-order valence-corrected chi connectivity index (χ2v) is 6.55. The number of carbonyl (C=O) groups is 2. The molecule has 2 amide bonds. The highest BCUT2D eigenvalue weighted by atomic mass is 19.1. The molecular weight excluding hydrogens is 377 g/mol. The van der Waals surface area contributed by atoms with Gasteiger partial charge < -0.3 is 9.80 Å². The molecule has 2 aromatic heterocycles. The second-order valence-electron chi connectivity index (χ2n) is 6.55. The van der Waals surface area contributed by atoms with Crippen LogP contribution in [0.25, 0.3) is 5.69 Å².